The molecule has 1 aromatic rings. The van der Waals surface area contributed by atoms with Gasteiger partial charge in [-0.3, -0.25) is 0 Å². The molecule has 0 aliphatic rings. The zero-order valence-corrected chi connectivity index (χ0v) is 11.6. The maximum atomic E-state index is 3.62. The summed E-state index contributed by atoms with van der Waals surface area (Å²) in [5, 5.41) is 3.62. The summed E-state index contributed by atoms with van der Waals surface area (Å²) in [6, 6.07) is 11.3. The first-order chi connectivity index (χ1) is 8.13. The third kappa shape index (κ3) is 5.33. The second-order valence-corrected chi connectivity index (χ2v) is 5.09. The lowest BCUT2D eigenvalue weighted by Crippen LogP contribution is -2.37. The van der Waals surface area contributed by atoms with Gasteiger partial charge >= 0.3 is 0 Å². The van der Waals surface area contributed by atoms with E-state index in [0.717, 1.165) is 13.1 Å². The molecule has 0 aliphatic carbocycles. The average Bonchev–Trinajstić information content (AvgIpc) is 2.30. The molecule has 2 heteroatoms. The van der Waals surface area contributed by atoms with Crippen molar-refractivity contribution >= 4 is 0 Å². The first kappa shape index (κ1) is 14.2. The molecule has 96 valence electrons. The first-order valence-electron chi connectivity index (χ1n) is 6.56. The SMILES string of the molecule is CCC(CNC(C)CN(C)C)c1ccccc1. The van der Waals surface area contributed by atoms with Crippen molar-refractivity contribution in [2.45, 2.75) is 32.2 Å². The van der Waals surface area contributed by atoms with Crippen LogP contribution in [0.4, 0.5) is 0 Å². The summed E-state index contributed by atoms with van der Waals surface area (Å²) in [6.45, 7) is 6.66. The largest absolute Gasteiger partial charge is 0.312 e. The topological polar surface area (TPSA) is 15.3 Å². The predicted molar refractivity (Wildman–Crippen MR) is 75.5 cm³/mol. The van der Waals surface area contributed by atoms with Crippen LogP contribution < -0.4 is 5.32 Å². The molecule has 1 N–H and O–H groups in total. The van der Waals surface area contributed by atoms with E-state index in [9.17, 15) is 0 Å². The molecule has 0 aliphatic heterocycles. The summed E-state index contributed by atoms with van der Waals surface area (Å²) in [7, 11) is 4.24. The highest BCUT2D eigenvalue weighted by atomic mass is 15.1. The fourth-order valence-electron chi connectivity index (χ4n) is 2.18. The molecule has 0 saturated carbocycles. The van der Waals surface area contributed by atoms with Gasteiger partial charge in [0.15, 0.2) is 0 Å². The molecule has 0 heterocycles. The van der Waals surface area contributed by atoms with Crippen LogP contribution in [0, 0.1) is 0 Å². The van der Waals surface area contributed by atoms with E-state index in [0.29, 0.717) is 12.0 Å². The van der Waals surface area contributed by atoms with Gasteiger partial charge < -0.3 is 10.2 Å². The third-order valence-corrected chi connectivity index (χ3v) is 3.12. The van der Waals surface area contributed by atoms with Crippen molar-refractivity contribution in [1.29, 1.82) is 0 Å². The molecular weight excluding hydrogens is 208 g/mol. The van der Waals surface area contributed by atoms with E-state index in [4.69, 9.17) is 0 Å². The highest BCUT2D eigenvalue weighted by molar-refractivity contribution is 5.19. The fourth-order valence-corrected chi connectivity index (χ4v) is 2.18. The summed E-state index contributed by atoms with van der Waals surface area (Å²) in [6.07, 6.45) is 1.19. The Bertz CT molecular complexity index is 295. The Morgan fingerprint density at radius 1 is 1.18 bits per heavy atom. The van der Waals surface area contributed by atoms with Crippen LogP contribution in [0.2, 0.25) is 0 Å². The Morgan fingerprint density at radius 2 is 1.82 bits per heavy atom. The number of rotatable bonds is 7. The van der Waals surface area contributed by atoms with Crippen LogP contribution in [-0.4, -0.2) is 38.1 Å². The first-order valence-corrected chi connectivity index (χ1v) is 6.56. The lowest BCUT2D eigenvalue weighted by atomic mass is 9.96. The molecule has 1 aromatic carbocycles. The van der Waals surface area contributed by atoms with Crippen molar-refractivity contribution < 1.29 is 0 Å². The number of hydrogen-bond donors (Lipinski definition) is 1. The highest BCUT2D eigenvalue weighted by Gasteiger charge is 2.10. The van der Waals surface area contributed by atoms with Gasteiger partial charge in [-0.1, -0.05) is 37.3 Å². The van der Waals surface area contributed by atoms with Crippen LogP contribution in [0.25, 0.3) is 0 Å². The van der Waals surface area contributed by atoms with E-state index in [1.54, 1.807) is 0 Å². The van der Waals surface area contributed by atoms with Gasteiger partial charge in [0.25, 0.3) is 0 Å². The van der Waals surface area contributed by atoms with E-state index in [1.807, 2.05) is 0 Å². The minimum atomic E-state index is 0.544. The molecule has 0 fully saturated rings. The molecule has 2 nitrogen and oxygen atoms in total. The molecule has 0 aromatic heterocycles. The predicted octanol–water partition coefficient (Wildman–Crippen LogP) is 2.72. The highest BCUT2D eigenvalue weighted by Crippen LogP contribution is 2.18. The fraction of sp³-hybridized carbons (Fsp3) is 0.600. The smallest absolute Gasteiger partial charge is 0.0166 e. The van der Waals surface area contributed by atoms with Gasteiger partial charge in [0, 0.05) is 19.1 Å². The van der Waals surface area contributed by atoms with Crippen LogP contribution in [-0.2, 0) is 0 Å². The van der Waals surface area contributed by atoms with Crippen molar-refractivity contribution in [3.63, 3.8) is 0 Å². The van der Waals surface area contributed by atoms with Crippen LogP contribution in [0.15, 0.2) is 30.3 Å². The minimum absolute atomic E-state index is 0.544. The van der Waals surface area contributed by atoms with Gasteiger partial charge in [-0.15, -0.1) is 0 Å². The molecule has 2 atom stereocenters. The van der Waals surface area contributed by atoms with Crippen molar-refractivity contribution in [1.82, 2.24) is 10.2 Å². The molecule has 1 rings (SSSR count). The Morgan fingerprint density at radius 3 is 2.35 bits per heavy atom. The van der Waals surface area contributed by atoms with E-state index in [2.05, 4.69) is 68.5 Å². The molecule has 0 saturated heterocycles. The summed E-state index contributed by atoms with van der Waals surface area (Å²) in [5.74, 6) is 0.626. The van der Waals surface area contributed by atoms with Crippen LogP contribution in [0.1, 0.15) is 31.7 Å². The zero-order chi connectivity index (χ0) is 12.7. The quantitative estimate of drug-likeness (QED) is 0.780. The second-order valence-electron chi connectivity index (χ2n) is 5.09. The summed E-state index contributed by atoms with van der Waals surface area (Å²) < 4.78 is 0. The van der Waals surface area contributed by atoms with E-state index in [1.165, 1.54) is 12.0 Å². The van der Waals surface area contributed by atoms with Crippen LogP contribution >= 0.6 is 0 Å². The molecule has 0 spiro atoms. The van der Waals surface area contributed by atoms with Gasteiger partial charge in [-0.05, 0) is 38.9 Å². The number of nitrogens with zero attached hydrogens (tertiary/aromatic N) is 1. The summed E-state index contributed by atoms with van der Waals surface area (Å²) in [5.41, 5.74) is 1.44. The van der Waals surface area contributed by atoms with Gasteiger partial charge in [-0.2, -0.15) is 0 Å². The monoisotopic (exact) mass is 234 g/mol. The molecule has 2 unspecified atom stereocenters. The Kier molecular flexibility index (Phi) is 6.23. The third-order valence-electron chi connectivity index (χ3n) is 3.12. The van der Waals surface area contributed by atoms with Crippen LogP contribution in [0.3, 0.4) is 0 Å². The van der Waals surface area contributed by atoms with E-state index >= 15 is 0 Å². The Balaban J connectivity index is 2.43. The Labute approximate surface area is 106 Å². The second kappa shape index (κ2) is 7.46. The standard InChI is InChI=1S/C15H26N2/c1-5-14(15-9-7-6-8-10-15)11-16-13(2)12-17(3)4/h6-10,13-14,16H,5,11-12H2,1-4H3. The average molecular weight is 234 g/mol. The minimum Gasteiger partial charge on any atom is -0.312 e. The molecular formula is C15H26N2. The zero-order valence-electron chi connectivity index (χ0n) is 11.6. The summed E-state index contributed by atoms with van der Waals surface area (Å²) >= 11 is 0. The number of hydrogen-bond acceptors (Lipinski definition) is 2. The van der Waals surface area contributed by atoms with Crippen molar-refractivity contribution in [2.24, 2.45) is 0 Å². The van der Waals surface area contributed by atoms with Crippen molar-refractivity contribution in [3.05, 3.63) is 35.9 Å². The lowest BCUT2D eigenvalue weighted by molar-refractivity contribution is 0.344. The number of nitrogens with one attached hydrogen (secondary N) is 1. The van der Waals surface area contributed by atoms with E-state index < -0.39 is 0 Å². The molecule has 0 amide bonds. The van der Waals surface area contributed by atoms with Crippen molar-refractivity contribution in [2.75, 3.05) is 27.2 Å². The van der Waals surface area contributed by atoms with E-state index in [-0.39, 0.29) is 0 Å². The maximum Gasteiger partial charge on any atom is 0.0166 e. The lowest BCUT2D eigenvalue weighted by Gasteiger charge is -2.22. The van der Waals surface area contributed by atoms with Gasteiger partial charge in [0.2, 0.25) is 0 Å². The molecule has 0 bridgehead atoms. The maximum absolute atomic E-state index is 3.62. The van der Waals surface area contributed by atoms with Crippen LogP contribution in [0.5, 0.6) is 0 Å². The Hall–Kier alpha value is -0.860. The summed E-state index contributed by atoms with van der Waals surface area (Å²) in [4.78, 5) is 2.22. The normalized spacial score (nSPS) is 14.9. The van der Waals surface area contributed by atoms with Gasteiger partial charge in [0.05, 0.1) is 0 Å². The molecule has 0 radical (unpaired) electrons. The van der Waals surface area contributed by atoms with Crippen molar-refractivity contribution in [3.8, 4) is 0 Å². The van der Waals surface area contributed by atoms with Gasteiger partial charge in [-0.25, -0.2) is 0 Å². The van der Waals surface area contributed by atoms with Gasteiger partial charge in [0.1, 0.15) is 0 Å². The number of benzene rings is 1. The molecule has 17 heavy (non-hydrogen) atoms. The number of likely N-dealkylation sites (N-methyl/N-ethyl adjacent to an activating group) is 1.